The van der Waals surface area contributed by atoms with E-state index in [1.54, 1.807) is 0 Å². The monoisotopic (exact) mass is 410 g/mol. The lowest BCUT2D eigenvalue weighted by atomic mass is 9.70. The predicted octanol–water partition coefficient (Wildman–Crippen LogP) is 3.06. The van der Waals surface area contributed by atoms with Crippen molar-refractivity contribution in [2.45, 2.75) is 64.4 Å². The first kappa shape index (κ1) is 22.4. The van der Waals surface area contributed by atoms with Crippen LogP contribution in [0.15, 0.2) is 29.2 Å². The molecule has 0 heterocycles. The van der Waals surface area contributed by atoms with Crippen LogP contribution in [0.3, 0.4) is 0 Å². The maximum absolute atomic E-state index is 12.4. The minimum Gasteiger partial charge on any atom is -0.452 e. The van der Waals surface area contributed by atoms with Gasteiger partial charge < -0.3 is 10.1 Å². The normalized spacial score (nSPS) is 21.6. The van der Waals surface area contributed by atoms with Gasteiger partial charge in [-0.25, -0.2) is 13.6 Å². The van der Waals surface area contributed by atoms with E-state index in [9.17, 15) is 18.0 Å². The minimum absolute atomic E-state index is 0.0455. The van der Waals surface area contributed by atoms with Crippen LogP contribution in [0.1, 0.15) is 53.4 Å². The first-order valence-electron chi connectivity index (χ1n) is 9.52. The molecule has 0 aliphatic heterocycles. The molecule has 2 rings (SSSR count). The first-order valence-corrected chi connectivity index (χ1v) is 11.1. The van der Waals surface area contributed by atoms with Crippen molar-refractivity contribution in [2.24, 2.45) is 22.4 Å². The molecule has 3 N–H and O–H groups in total. The van der Waals surface area contributed by atoms with Gasteiger partial charge in [-0.15, -0.1) is 0 Å². The van der Waals surface area contributed by atoms with E-state index in [0.717, 1.165) is 25.7 Å². The van der Waals surface area contributed by atoms with Crippen molar-refractivity contribution in [3.8, 4) is 0 Å². The molecule has 1 aromatic carbocycles. The van der Waals surface area contributed by atoms with Crippen molar-refractivity contribution in [1.82, 2.24) is 0 Å². The molecule has 0 radical (unpaired) electrons. The Bertz CT molecular complexity index is 804. The highest BCUT2D eigenvalue weighted by Gasteiger charge is 2.34. The second kappa shape index (κ2) is 8.61. The fourth-order valence-corrected chi connectivity index (χ4v) is 4.01. The zero-order chi connectivity index (χ0) is 21.1. The summed E-state index contributed by atoms with van der Waals surface area (Å²) >= 11 is 0. The van der Waals surface area contributed by atoms with Gasteiger partial charge in [-0.05, 0) is 68.2 Å². The molecule has 8 heteroatoms. The number of carbonyl (C=O) groups excluding carboxylic acids is 2. The molecule has 1 amide bonds. The lowest BCUT2D eigenvalue weighted by Gasteiger charge is -2.36. The molecule has 1 aliphatic carbocycles. The Morgan fingerprint density at radius 1 is 1.11 bits per heavy atom. The fourth-order valence-electron chi connectivity index (χ4n) is 3.49. The zero-order valence-electron chi connectivity index (χ0n) is 16.9. The van der Waals surface area contributed by atoms with Crippen LogP contribution in [-0.2, 0) is 24.3 Å². The van der Waals surface area contributed by atoms with Gasteiger partial charge in [-0.2, -0.15) is 0 Å². The lowest BCUT2D eigenvalue weighted by Crippen LogP contribution is -2.34. The Kier molecular flexibility index (Phi) is 6.88. The first-order chi connectivity index (χ1) is 12.9. The van der Waals surface area contributed by atoms with Crippen molar-refractivity contribution >= 4 is 27.6 Å². The van der Waals surface area contributed by atoms with Crippen molar-refractivity contribution in [3.63, 3.8) is 0 Å². The number of nitrogens with two attached hydrogens (primary N) is 1. The topological polar surface area (TPSA) is 116 Å². The maximum Gasteiger partial charge on any atom is 0.309 e. The second-order valence-corrected chi connectivity index (χ2v) is 10.1. The number of amides is 1. The Morgan fingerprint density at radius 3 is 2.11 bits per heavy atom. The van der Waals surface area contributed by atoms with Gasteiger partial charge in [0.1, 0.15) is 0 Å². The quantitative estimate of drug-likeness (QED) is 0.724. The molecule has 1 fully saturated rings. The number of hydrogen-bond acceptors (Lipinski definition) is 5. The largest absolute Gasteiger partial charge is 0.452 e. The standard InChI is InChI=1S/C20H30N2O5S/c1-13(18(23)22-16-9-11-17(12-10-16)28(21,25)26)27-19(24)14-5-7-15(8-6-14)20(2,3)4/h9-15H,5-8H2,1-4H3,(H,22,23)(H2,21,25,26)/t13-,14?,15?/m1/s1. The number of carbonyl (C=O) groups is 2. The van der Waals surface area contributed by atoms with E-state index in [-0.39, 0.29) is 22.2 Å². The van der Waals surface area contributed by atoms with E-state index < -0.39 is 22.0 Å². The second-order valence-electron chi connectivity index (χ2n) is 8.55. The number of primary sulfonamides is 1. The summed E-state index contributed by atoms with van der Waals surface area (Å²) in [5.41, 5.74) is 0.631. The van der Waals surface area contributed by atoms with Gasteiger partial charge >= 0.3 is 5.97 Å². The Labute approximate surface area is 167 Å². The van der Waals surface area contributed by atoms with Gasteiger partial charge in [0.15, 0.2) is 6.10 Å². The van der Waals surface area contributed by atoms with Crippen LogP contribution in [0.25, 0.3) is 0 Å². The van der Waals surface area contributed by atoms with Gasteiger partial charge in [-0.1, -0.05) is 20.8 Å². The van der Waals surface area contributed by atoms with Gasteiger partial charge in [0.05, 0.1) is 10.8 Å². The molecule has 1 atom stereocenters. The van der Waals surface area contributed by atoms with Gasteiger partial charge in [0.25, 0.3) is 5.91 Å². The summed E-state index contributed by atoms with van der Waals surface area (Å²) in [4.78, 5) is 24.6. The third-order valence-electron chi connectivity index (χ3n) is 5.40. The number of rotatable bonds is 5. The summed E-state index contributed by atoms with van der Waals surface area (Å²) in [6.45, 7) is 8.18. The highest BCUT2D eigenvalue weighted by molar-refractivity contribution is 7.89. The smallest absolute Gasteiger partial charge is 0.309 e. The molecule has 0 unspecified atom stereocenters. The summed E-state index contributed by atoms with van der Waals surface area (Å²) in [6, 6.07) is 5.46. The number of anilines is 1. The lowest BCUT2D eigenvalue weighted by molar-refractivity contribution is -0.158. The molecule has 7 nitrogen and oxygen atoms in total. The van der Waals surface area contributed by atoms with E-state index >= 15 is 0 Å². The molecule has 28 heavy (non-hydrogen) atoms. The Balaban J connectivity index is 1.86. The van der Waals surface area contributed by atoms with Gasteiger partial charge in [0.2, 0.25) is 10.0 Å². The molecule has 156 valence electrons. The van der Waals surface area contributed by atoms with Crippen molar-refractivity contribution in [2.75, 3.05) is 5.32 Å². The molecule has 1 saturated carbocycles. The molecule has 0 saturated heterocycles. The number of nitrogens with one attached hydrogen (secondary N) is 1. The highest BCUT2D eigenvalue weighted by atomic mass is 32.2. The Hall–Kier alpha value is -1.93. The van der Waals surface area contributed by atoms with E-state index in [4.69, 9.17) is 9.88 Å². The van der Waals surface area contributed by atoms with Crippen LogP contribution in [-0.4, -0.2) is 26.4 Å². The number of sulfonamides is 1. The number of ether oxygens (including phenoxy) is 1. The van der Waals surface area contributed by atoms with Gasteiger partial charge in [-0.3, -0.25) is 9.59 Å². The number of esters is 1. The molecular weight excluding hydrogens is 380 g/mol. The van der Waals surface area contributed by atoms with E-state index in [2.05, 4.69) is 26.1 Å². The van der Waals surface area contributed by atoms with Crippen LogP contribution in [0.2, 0.25) is 0 Å². The third-order valence-corrected chi connectivity index (χ3v) is 6.33. The van der Waals surface area contributed by atoms with Crippen LogP contribution in [0.4, 0.5) is 5.69 Å². The fraction of sp³-hybridized carbons (Fsp3) is 0.600. The number of benzene rings is 1. The minimum atomic E-state index is -3.79. The zero-order valence-corrected chi connectivity index (χ0v) is 17.7. The average Bonchev–Trinajstić information content (AvgIpc) is 2.60. The maximum atomic E-state index is 12.4. The Morgan fingerprint density at radius 2 is 1.64 bits per heavy atom. The molecule has 0 spiro atoms. The summed E-state index contributed by atoms with van der Waals surface area (Å²) in [6.07, 6.45) is 2.60. The molecule has 0 bridgehead atoms. The van der Waals surface area contributed by atoms with Crippen LogP contribution in [0.5, 0.6) is 0 Å². The molecular formula is C20H30N2O5S. The van der Waals surface area contributed by atoms with E-state index in [0.29, 0.717) is 11.6 Å². The van der Waals surface area contributed by atoms with Crippen LogP contribution in [0, 0.1) is 17.3 Å². The van der Waals surface area contributed by atoms with Crippen LogP contribution < -0.4 is 10.5 Å². The van der Waals surface area contributed by atoms with Crippen molar-refractivity contribution in [1.29, 1.82) is 0 Å². The van der Waals surface area contributed by atoms with Crippen molar-refractivity contribution in [3.05, 3.63) is 24.3 Å². The average molecular weight is 411 g/mol. The van der Waals surface area contributed by atoms with Crippen molar-refractivity contribution < 1.29 is 22.7 Å². The highest BCUT2D eigenvalue weighted by Crippen LogP contribution is 2.40. The summed E-state index contributed by atoms with van der Waals surface area (Å²) in [5.74, 6) is -0.375. The number of hydrogen-bond donors (Lipinski definition) is 2. The van der Waals surface area contributed by atoms with Gasteiger partial charge in [0, 0.05) is 5.69 Å². The summed E-state index contributed by atoms with van der Waals surface area (Å²) < 4.78 is 27.9. The summed E-state index contributed by atoms with van der Waals surface area (Å²) in [5, 5.41) is 7.65. The molecule has 0 aromatic heterocycles. The van der Waals surface area contributed by atoms with E-state index in [1.807, 2.05) is 0 Å². The SMILES string of the molecule is C[C@@H](OC(=O)C1CCC(C(C)(C)C)CC1)C(=O)Nc1ccc(S(N)(=O)=O)cc1. The van der Waals surface area contributed by atoms with Crippen LogP contribution >= 0.6 is 0 Å². The summed E-state index contributed by atoms with van der Waals surface area (Å²) in [7, 11) is -3.79. The third kappa shape index (κ3) is 6.04. The van der Waals surface area contributed by atoms with E-state index in [1.165, 1.54) is 31.2 Å². The molecule has 1 aliphatic rings. The molecule has 1 aromatic rings. The predicted molar refractivity (Wildman–Crippen MR) is 107 cm³/mol.